The fraction of sp³-hybridized carbons (Fsp3) is 0.433. The van der Waals surface area contributed by atoms with Gasteiger partial charge in [-0.2, -0.15) is 0 Å². The molecule has 0 radical (unpaired) electrons. The fourth-order valence-electron chi connectivity index (χ4n) is 7.18. The standard InChI is InChI=1S/C30H35FN6O7/c1-36(2)18-11-17(35-29(33)34-14-7-5-13(31)6-8-14)23(38)20-15(18)9-12-10-16-22(37(3)4)25(40)21(28(32)43)27(42)30(16,44)26(41)19(12)24(20)39/h5-8,11-12,16,19,21-22,25,38,40,44H,9-10H2,1-4H3,(H2,32,43)(H3,33,34,35)/t12-,16-,19?,21?,22-,25?,30-/m1/s1. The number of benzene rings is 2. The lowest BCUT2D eigenvalue weighted by molar-refractivity contribution is -0.190. The molecule has 0 heterocycles. The van der Waals surface area contributed by atoms with Crippen LogP contribution in [-0.2, 0) is 20.8 Å². The van der Waals surface area contributed by atoms with Gasteiger partial charge in [-0.3, -0.25) is 19.2 Å². The zero-order valence-electron chi connectivity index (χ0n) is 24.6. The number of fused-ring (bicyclic) bond motifs is 3. The molecule has 8 N–H and O–H groups in total. The summed E-state index contributed by atoms with van der Waals surface area (Å²) in [6, 6.07) is 5.84. The molecule has 2 aromatic rings. The Morgan fingerprint density at radius 3 is 2.30 bits per heavy atom. The quantitative estimate of drug-likeness (QED) is 0.150. The van der Waals surface area contributed by atoms with Crippen LogP contribution in [0.1, 0.15) is 22.3 Å². The maximum atomic E-state index is 14.1. The molecule has 14 heteroatoms. The number of anilines is 2. The van der Waals surface area contributed by atoms with Crippen LogP contribution >= 0.6 is 0 Å². The summed E-state index contributed by atoms with van der Waals surface area (Å²) < 4.78 is 13.3. The first kappa shape index (κ1) is 31.0. The van der Waals surface area contributed by atoms with Crippen LogP contribution in [0.2, 0.25) is 0 Å². The van der Waals surface area contributed by atoms with Crippen molar-refractivity contribution >= 4 is 46.3 Å². The number of phenolic OH excluding ortho intramolecular Hbond substituents is 1. The first-order chi connectivity index (χ1) is 20.6. The van der Waals surface area contributed by atoms with E-state index in [9.17, 15) is 38.9 Å². The number of hydrogen-bond donors (Lipinski definition) is 6. The van der Waals surface area contributed by atoms with Crippen molar-refractivity contribution in [2.24, 2.45) is 40.1 Å². The maximum absolute atomic E-state index is 14.1. The molecule has 0 aromatic heterocycles. The highest BCUT2D eigenvalue weighted by Gasteiger charge is 2.69. The monoisotopic (exact) mass is 610 g/mol. The smallest absolute Gasteiger partial charge is 0.230 e. The molecule has 234 valence electrons. The van der Waals surface area contributed by atoms with Crippen LogP contribution < -0.4 is 21.7 Å². The predicted octanol–water partition coefficient (Wildman–Crippen LogP) is -0.0778. The van der Waals surface area contributed by atoms with Gasteiger partial charge in [-0.1, -0.05) is 0 Å². The number of carbonyl (C=O) groups is 4. The number of ketones is 3. The number of likely N-dealkylation sites (N-methyl/N-ethyl adjacent to an activating group) is 1. The summed E-state index contributed by atoms with van der Waals surface area (Å²) >= 11 is 0. The van der Waals surface area contributed by atoms with Gasteiger partial charge in [-0.05, 0) is 68.8 Å². The van der Waals surface area contributed by atoms with Gasteiger partial charge >= 0.3 is 0 Å². The van der Waals surface area contributed by atoms with E-state index in [1.165, 1.54) is 35.2 Å². The molecule has 13 nitrogen and oxygen atoms in total. The average molecular weight is 611 g/mol. The van der Waals surface area contributed by atoms with E-state index in [2.05, 4.69) is 10.3 Å². The highest BCUT2D eigenvalue weighted by atomic mass is 19.1. The minimum Gasteiger partial charge on any atom is -0.505 e. The Kier molecular flexibility index (Phi) is 7.72. The van der Waals surface area contributed by atoms with Crippen LogP contribution in [0.4, 0.5) is 21.5 Å². The molecule has 2 saturated carbocycles. The zero-order valence-corrected chi connectivity index (χ0v) is 24.6. The number of aliphatic hydroxyl groups excluding tert-OH is 1. The van der Waals surface area contributed by atoms with Gasteiger partial charge in [0, 0.05) is 37.4 Å². The Labute approximate surface area is 252 Å². The number of aliphatic hydroxyl groups is 2. The van der Waals surface area contributed by atoms with Gasteiger partial charge < -0.3 is 41.9 Å². The van der Waals surface area contributed by atoms with Crippen LogP contribution in [0.5, 0.6) is 5.75 Å². The van der Waals surface area contributed by atoms with E-state index in [-0.39, 0.29) is 30.1 Å². The van der Waals surface area contributed by atoms with Crippen LogP contribution in [0.3, 0.4) is 0 Å². The summed E-state index contributed by atoms with van der Waals surface area (Å²) in [5.74, 6) is -10.7. The lowest BCUT2D eigenvalue weighted by atomic mass is 9.52. The number of aliphatic imine (C=N–C) groups is 1. The van der Waals surface area contributed by atoms with E-state index in [0.29, 0.717) is 16.9 Å². The average Bonchev–Trinajstić information content (AvgIpc) is 2.93. The summed E-state index contributed by atoms with van der Waals surface area (Å²) in [6.07, 6.45) is -1.45. The van der Waals surface area contributed by atoms with Crippen molar-refractivity contribution in [3.63, 3.8) is 0 Å². The molecule has 3 aliphatic carbocycles. The number of amides is 1. The van der Waals surface area contributed by atoms with Crippen LogP contribution in [-0.4, -0.2) is 95.4 Å². The molecule has 5 rings (SSSR count). The normalized spacial score (nSPS) is 30.0. The van der Waals surface area contributed by atoms with Crippen molar-refractivity contribution in [2.75, 3.05) is 38.4 Å². The first-order valence-corrected chi connectivity index (χ1v) is 14.0. The predicted molar refractivity (Wildman–Crippen MR) is 158 cm³/mol. The number of carbonyl (C=O) groups excluding carboxylic acids is 4. The van der Waals surface area contributed by atoms with Crippen molar-refractivity contribution < 1.29 is 38.9 Å². The minimum atomic E-state index is -2.76. The molecule has 1 amide bonds. The molecule has 2 fully saturated rings. The molecule has 3 unspecified atom stereocenters. The minimum absolute atomic E-state index is 0.00269. The third-order valence-electron chi connectivity index (χ3n) is 9.09. The van der Waals surface area contributed by atoms with E-state index < -0.39 is 76.2 Å². The van der Waals surface area contributed by atoms with Crippen LogP contribution in [0, 0.1) is 29.5 Å². The Bertz CT molecular complexity index is 1590. The number of nitrogens with two attached hydrogens (primary N) is 2. The van der Waals surface area contributed by atoms with Gasteiger partial charge in [-0.15, -0.1) is 0 Å². The molecule has 0 saturated heterocycles. The fourth-order valence-corrected chi connectivity index (χ4v) is 7.18. The summed E-state index contributed by atoms with van der Waals surface area (Å²) in [5, 5.41) is 36.9. The summed E-state index contributed by atoms with van der Waals surface area (Å²) in [4.78, 5) is 61.4. The van der Waals surface area contributed by atoms with E-state index in [1.807, 2.05) is 0 Å². The Morgan fingerprint density at radius 1 is 1.09 bits per heavy atom. The molecule has 0 bridgehead atoms. The number of guanidine groups is 1. The topological polar surface area (TPSA) is 212 Å². The number of nitrogens with zero attached hydrogens (tertiary/aromatic N) is 3. The second-order valence-electron chi connectivity index (χ2n) is 12.1. The summed E-state index contributed by atoms with van der Waals surface area (Å²) in [6.45, 7) is 0. The van der Waals surface area contributed by atoms with Gasteiger partial charge in [0.1, 0.15) is 17.4 Å². The Morgan fingerprint density at radius 2 is 1.73 bits per heavy atom. The summed E-state index contributed by atoms with van der Waals surface area (Å²) in [5.41, 5.74) is 9.80. The van der Waals surface area contributed by atoms with Crippen molar-refractivity contribution in [3.05, 3.63) is 47.3 Å². The molecule has 7 atom stereocenters. The first-order valence-electron chi connectivity index (χ1n) is 14.0. The summed E-state index contributed by atoms with van der Waals surface area (Å²) in [7, 11) is 6.62. The molecule has 0 aliphatic heterocycles. The van der Waals surface area contributed by atoms with Gasteiger partial charge in [0.05, 0.1) is 17.6 Å². The van der Waals surface area contributed by atoms with Gasteiger partial charge in [0.2, 0.25) is 5.91 Å². The van der Waals surface area contributed by atoms with Crippen molar-refractivity contribution in [1.29, 1.82) is 0 Å². The largest absolute Gasteiger partial charge is 0.505 e. The SMILES string of the molecule is CN(C)c1cc(N=C(N)Nc2ccc(F)cc2)c(O)c2c1C[C@@H]1C[C@@H]3[C@@H](N(C)C)C(O)C(C(N)=O)C(=O)[C@]3(O)C(=O)C1C2=O. The van der Waals surface area contributed by atoms with E-state index in [0.717, 1.165) is 0 Å². The van der Waals surface area contributed by atoms with Gasteiger partial charge in [0.25, 0.3) is 0 Å². The van der Waals surface area contributed by atoms with Crippen molar-refractivity contribution in [3.8, 4) is 5.75 Å². The second kappa shape index (κ2) is 10.9. The maximum Gasteiger partial charge on any atom is 0.230 e. The highest BCUT2D eigenvalue weighted by Crippen LogP contribution is 2.53. The Balaban J connectivity index is 1.60. The second-order valence-corrected chi connectivity index (χ2v) is 12.1. The molecule has 3 aliphatic rings. The number of halogens is 1. The lowest BCUT2D eigenvalue weighted by Gasteiger charge is -2.55. The molecule has 44 heavy (non-hydrogen) atoms. The number of nitrogens with one attached hydrogen (secondary N) is 1. The number of aromatic hydroxyl groups is 1. The van der Waals surface area contributed by atoms with Crippen molar-refractivity contribution in [2.45, 2.75) is 30.6 Å². The molecular formula is C30H35FN6O7. The zero-order chi connectivity index (χ0) is 32.4. The number of hydrogen-bond acceptors (Lipinski definition) is 10. The van der Waals surface area contributed by atoms with Gasteiger partial charge in [0.15, 0.2) is 34.7 Å². The molecular weight excluding hydrogens is 575 g/mol. The number of phenols is 1. The lowest BCUT2D eigenvalue weighted by Crippen LogP contribution is -2.75. The molecule has 2 aromatic carbocycles. The third-order valence-corrected chi connectivity index (χ3v) is 9.09. The van der Waals surface area contributed by atoms with Crippen LogP contribution in [0.25, 0.3) is 0 Å². The third kappa shape index (κ3) is 4.69. The van der Waals surface area contributed by atoms with E-state index in [1.54, 1.807) is 33.1 Å². The van der Waals surface area contributed by atoms with Crippen LogP contribution in [0.15, 0.2) is 35.3 Å². The van der Waals surface area contributed by atoms with Gasteiger partial charge in [-0.25, -0.2) is 9.38 Å². The molecule has 0 spiro atoms. The number of rotatable bonds is 5. The number of Topliss-reactive ketones (excluding diaryl/α,β-unsaturated/α-hetero) is 3. The Hall–Kier alpha value is -4.40. The highest BCUT2D eigenvalue weighted by molar-refractivity contribution is 6.26. The van der Waals surface area contributed by atoms with Crippen molar-refractivity contribution in [1.82, 2.24) is 4.90 Å². The van der Waals surface area contributed by atoms with E-state index >= 15 is 0 Å². The number of primary amides is 1. The van der Waals surface area contributed by atoms with E-state index in [4.69, 9.17) is 11.5 Å².